The largest absolute Gasteiger partial charge is 0.388 e. The maximum atomic E-state index is 3.78. The molecule has 6 aliphatic carbocycles. The molecule has 0 saturated heterocycles. The number of benzene rings is 3. The molecular weight excluding hydrogens is 715 g/mol. The summed E-state index contributed by atoms with van der Waals surface area (Å²) in [7, 11) is 0. The van der Waals surface area contributed by atoms with Crippen LogP contribution in [0.4, 0.5) is 0 Å². The molecule has 12 rings (SSSR count). The van der Waals surface area contributed by atoms with Gasteiger partial charge in [-0.15, -0.1) is 0 Å². The molecule has 296 valence electrons. The smallest absolute Gasteiger partial charge is 0.0580 e. The van der Waals surface area contributed by atoms with Crippen LogP contribution < -0.4 is 5.32 Å². The van der Waals surface area contributed by atoms with E-state index >= 15 is 0 Å². The molecule has 59 heavy (non-hydrogen) atoms. The van der Waals surface area contributed by atoms with Crippen LogP contribution in [0.25, 0.3) is 33.1 Å². The highest BCUT2D eigenvalue weighted by Gasteiger charge is 2.50. The molecule has 3 heteroatoms. The highest BCUT2D eigenvalue weighted by atomic mass is 15.2. The van der Waals surface area contributed by atoms with Crippen LogP contribution in [-0.2, 0) is 0 Å². The van der Waals surface area contributed by atoms with Crippen LogP contribution in [0.3, 0.4) is 0 Å². The van der Waals surface area contributed by atoms with Gasteiger partial charge in [-0.2, -0.15) is 0 Å². The Morgan fingerprint density at radius 3 is 2.54 bits per heavy atom. The van der Waals surface area contributed by atoms with Gasteiger partial charge in [-0.25, -0.2) is 0 Å². The van der Waals surface area contributed by atoms with E-state index < -0.39 is 0 Å². The maximum Gasteiger partial charge on any atom is 0.0580 e. The van der Waals surface area contributed by atoms with Gasteiger partial charge in [-0.05, 0) is 133 Å². The highest BCUT2D eigenvalue weighted by Crippen LogP contribution is 2.58. The molecule has 0 radical (unpaired) electrons. The summed E-state index contributed by atoms with van der Waals surface area (Å²) in [4.78, 5) is 2.88. The monoisotopic (exact) mass is 771 g/mol. The van der Waals surface area contributed by atoms with E-state index in [0.29, 0.717) is 47.7 Å². The third-order valence-electron chi connectivity index (χ3n) is 15.9. The fourth-order valence-corrected chi connectivity index (χ4v) is 13.1. The summed E-state index contributed by atoms with van der Waals surface area (Å²) < 4.78 is 2.62. The van der Waals surface area contributed by atoms with Crippen LogP contribution in [0.15, 0.2) is 168 Å². The third-order valence-corrected chi connectivity index (χ3v) is 15.9. The molecule has 1 fully saturated rings. The van der Waals surface area contributed by atoms with Gasteiger partial charge in [0.25, 0.3) is 0 Å². The summed E-state index contributed by atoms with van der Waals surface area (Å²) in [5, 5.41) is 6.49. The van der Waals surface area contributed by atoms with Crippen LogP contribution in [-0.4, -0.2) is 27.6 Å². The minimum Gasteiger partial charge on any atom is -0.388 e. The molecule has 3 aromatic carbocycles. The Morgan fingerprint density at radius 1 is 0.797 bits per heavy atom. The SMILES string of the molecule is CC1(C)C2=CCC(N3C4=C(CCCC4)C4C=C(c5ccc6c(c5)c5ccccc5n6C5=CC(c6ccccc6)CC(C6CCC=CN6)C5)C=CC43)C=C2C2C=CC=CC21. The normalized spacial score (nSPS) is 31.6. The van der Waals surface area contributed by atoms with Crippen LogP contribution in [0.2, 0.25) is 0 Å². The summed E-state index contributed by atoms with van der Waals surface area (Å²) in [5.41, 5.74) is 15.0. The molecule has 8 aliphatic rings. The maximum absolute atomic E-state index is 3.78. The van der Waals surface area contributed by atoms with Gasteiger partial charge >= 0.3 is 0 Å². The van der Waals surface area contributed by atoms with Gasteiger partial charge in [-0.3, -0.25) is 0 Å². The van der Waals surface area contributed by atoms with Crippen LogP contribution >= 0.6 is 0 Å². The number of nitrogens with one attached hydrogen (secondary N) is 1. The Balaban J connectivity index is 0.900. The molecule has 0 amide bonds. The van der Waals surface area contributed by atoms with Gasteiger partial charge in [0, 0.05) is 46.0 Å². The van der Waals surface area contributed by atoms with Gasteiger partial charge in [0.2, 0.25) is 0 Å². The van der Waals surface area contributed by atoms with E-state index in [9.17, 15) is 0 Å². The van der Waals surface area contributed by atoms with E-state index in [1.165, 1.54) is 82.7 Å². The Morgan fingerprint density at radius 2 is 1.64 bits per heavy atom. The lowest BCUT2D eigenvalue weighted by atomic mass is 9.75. The van der Waals surface area contributed by atoms with Crippen molar-refractivity contribution in [3.05, 3.63) is 179 Å². The summed E-state index contributed by atoms with van der Waals surface area (Å²) in [5.74, 6) is 2.48. The second kappa shape index (κ2) is 13.9. The number of fused-ring (bicyclic) bond motifs is 8. The topological polar surface area (TPSA) is 20.2 Å². The first kappa shape index (κ1) is 35.6. The van der Waals surface area contributed by atoms with Gasteiger partial charge < -0.3 is 14.8 Å². The van der Waals surface area contributed by atoms with Crippen molar-refractivity contribution in [2.24, 2.45) is 29.1 Å². The number of hydrogen-bond donors (Lipinski definition) is 1. The molecule has 2 aliphatic heterocycles. The average Bonchev–Trinajstić information content (AvgIpc) is 3.89. The molecule has 1 aromatic heterocycles. The molecule has 0 spiro atoms. The number of nitrogens with zero attached hydrogens (tertiary/aromatic N) is 2. The van der Waals surface area contributed by atoms with Crippen LogP contribution in [0.5, 0.6) is 0 Å². The quantitative estimate of drug-likeness (QED) is 0.218. The Labute approximate surface area is 350 Å². The summed E-state index contributed by atoms with van der Waals surface area (Å²) in [6, 6.07) is 29.1. The second-order valence-corrected chi connectivity index (χ2v) is 19.4. The number of allylic oxidation sites excluding steroid dienone is 12. The van der Waals surface area contributed by atoms with E-state index in [2.05, 4.69) is 174 Å². The summed E-state index contributed by atoms with van der Waals surface area (Å²) >= 11 is 0. The predicted octanol–water partition coefficient (Wildman–Crippen LogP) is 13.2. The first-order valence-corrected chi connectivity index (χ1v) is 22.9. The van der Waals surface area contributed by atoms with Crippen LogP contribution in [0, 0.1) is 29.1 Å². The predicted molar refractivity (Wildman–Crippen MR) is 246 cm³/mol. The zero-order valence-electron chi connectivity index (χ0n) is 34.7. The first-order valence-electron chi connectivity index (χ1n) is 22.9. The Kier molecular flexibility index (Phi) is 8.40. The van der Waals surface area contributed by atoms with Crippen molar-refractivity contribution in [2.45, 2.75) is 95.7 Å². The van der Waals surface area contributed by atoms with Gasteiger partial charge in [-0.1, -0.05) is 135 Å². The number of para-hydroxylation sites is 1. The van der Waals surface area contributed by atoms with E-state index in [4.69, 9.17) is 0 Å². The third kappa shape index (κ3) is 5.67. The zero-order valence-corrected chi connectivity index (χ0v) is 34.7. The molecule has 4 aromatic rings. The van der Waals surface area contributed by atoms with E-state index in [1.807, 2.05) is 0 Å². The summed E-state index contributed by atoms with van der Waals surface area (Å²) in [6.07, 6.45) is 40.5. The molecule has 1 N–H and O–H groups in total. The van der Waals surface area contributed by atoms with Gasteiger partial charge in [0.05, 0.1) is 23.1 Å². The molecular formula is C56H57N3. The molecule has 3 nitrogen and oxygen atoms in total. The van der Waals surface area contributed by atoms with Crippen molar-refractivity contribution in [2.75, 3.05) is 0 Å². The Hall–Kier alpha value is -5.28. The van der Waals surface area contributed by atoms with Crippen molar-refractivity contribution in [3.63, 3.8) is 0 Å². The highest BCUT2D eigenvalue weighted by molar-refractivity contribution is 6.11. The van der Waals surface area contributed by atoms with Gasteiger partial charge in [0.1, 0.15) is 0 Å². The summed E-state index contributed by atoms with van der Waals surface area (Å²) in [6.45, 7) is 4.94. The number of aromatic nitrogens is 1. The number of rotatable bonds is 5. The molecule has 8 atom stereocenters. The zero-order chi connectivity index (χ0) is 39.2. The first-order chi connectivity index (χ1) is 29.0. The van der Waals surface area contributed by atoms with Crippen molar-refractivity contribution in [1.82, 2.24) is 14.8 Å². The Bertz CT molecular complexity index is 2650. The minimum absolute atomic E-state index is 0.186. The lowest BCUT2D eigenvalue weighted by Gasteiger charge is -2.39. The number of hydrogen-bond acceptors (Lipinski definition) is 2. The van der Waals surface area contributed by atoms with Crippen LogP contribution in [0.1, 0.15) is 88.7 Å². The second-order valence-electron chi connectivity index (χ2n) is 19.4. The van der Waals surface area contributed by atoms with E-state index in [-0.39, 0.29) is 5.41 Å². The fraction of sp³-hybridized carbons (Fsp3) is 0.357. The lowest BCUT2D eigenvalue weighted by molar-refractivity contribution is 0.241. The molecule has 1 saturated carbocycles. The van der Waals surface area contributed by atoms with Crippen molar-refractivity contribution < 1.29 is 0 Å². The van der Waals surface area contributed by atoms with E-state index in [0.717, 1.165) is 19.3 Å². The lowest BCUT2D eigenvalue weighted by Crippen LogP contribution is -2.41. The molecule has 8 unspecified atom stereocenters. The van der Waals surface area contributed by atoms with Crippen molar-refractivity contribution in [3.8, 4) is 0 Å². The fourth-order valence-electron chi connectivity index (χ4n) is 13.1. The molecule has 3 heterocycles. The standard InChI is InChI=1S/C56H57N3/c1-56(2)49-19-9-6-16-43(49)46-35-41(25-26-50(46)56)58-52-21-10-7-17-44(52)47-33-37(23-27-54(47)58)38-24-28-55-48(34-38)45-18-8-11-22-53(45)59(55)42-31-39(36-14-4-3-5-15-36)30-40(32-42)51-20-12-13-29-57-51/h3-6,8-9,11,13-16,18-19,22-24,26-29,31,33-35,39-41,43,47,49,51,54,57H,7,10,12,17,20-21,25,30,32H2,1-2H3. The van der Waals surface area contributed by atoms with E-state index in [1.54, 1.807) is 22.4 Å². The van der Waals surface area contributed by atoms with Crippen molar-refractivity contribution >= 4 is 33.1 Å². The average molecular weight is 772 g/mol. The minimum atomic E-state index is 0.186. The van der Waals surface area contributed by atoms with Gasteiger partial charge in [0.15, 0.2) is 0 Å². The van der Waals surface area contributed by atoms with Crippen molar-refractivity contribution in [1.29, 1.82) is 0 Å². The molecule has 0 bridgehead atoms.